The Labute approximate surface area is 181 Å². The zero-order chi connectivity index (χ0) is 21.5. The molecular weight excluding hydrogens is 392 g/mol. The molecule has 0 saturated carbocycles. The third-order valence-corrected chi connectivity index (χ3v) is 7.08. The molecule has 3 atom stereocenters. The normalized spacial score (nSPS) is 25.6. The minimum atomic E-state index is -0.589. The lowest BCUT2D eigenvalue weighted by Crippen LogP contribution is -2.48. The van der Waals surface area contributed by atoms with E-state index in [0.717, 1.165) is 48.2 Å². The first kappa shape index (κ1) is 20.0. The molecule has 4 heterocycles. The van der Waals surface area contributed by atoms with Crippen LogP contribution in [0.25, 0.3) is 0 Å². The number of carbonyl (C=O) groups is 1. The molecule has 0 amide bonds. The van der Waals surface area contributed by atoms with Crippen LogP contribution in [0.1, 0.15) is 64.4 Å². The number of hydrogen-bond acceptors (Lipinski definition) is 7. The maximum atomic E-state index is 11.8. The summed E-state index contributed by atoms with van der Waals surface area (Å²) in [6.45, 7) is 2.87. The highest BCUT2D eigenvalue weighted by molar-refractivity contribution is 5.93. The number of nitrogens with zero attached hydrogens (tertiary/aromatic N) is 3. The highest BCUT2D eigenvalue weighted by Gasteiger charge is 2.41. The van der Waals surface area contributed by atoms with Crippen molar-refractivity contribution in [2.75, 3.05) is 11.9 Å². The van der Waals surface area contributed by atoms with Gasteiger partial charge in [0.05, 0.1) is 17.2 Å². The number of carbonyl (C=O) groups excluding carboxylic acids is 1. The lowest BCUT2D eigenvalue weighted by atomic mass is 9.93. The van der Waals surface area contributed by atoms with Gasteiger partial charge in [-0.3, -0.25) is 4.90 Å². The van der Waals surface area contributed by atoms with Gasteiger partial charge in [-0.15, -0.1) is 0 Å². The quantitative estimate of drug-likeness (QED) is 0.720. The van der Waals surface area contributed by atoms with Gasteiger partial charge in [0.25, 0.3) is 0 Å². The highest BCUT2D eigenvalue weighted by Crippen LogP contribution is 2.38. The van der Waals surface area contributed by atoms with Gasteiger partial charge in [-0.25, -0.2) is 9.78 Å². The number of rotatable bonds is 5. The smallest absolute Gasteiger partial charge is 0.338 e. The standard InChI is InChI=1S/C24H26N4O3/c1-14-19(5-6-20-21(14)13-31-24(20)30)22(29)12-28-17-3-4-18(28)9-16(8-17)27-23-7-2-15(10-25)11-26-23/h2,5-7,11,16-18,22,29H,3-4,8-9,12-13H2,1H3,(H,26,27). The number of nitriles is 1. The van der Waals surface area contributed by atoms with Gasteiger partial charge < -0.3 is 15.2 Å². The van der Waals surface area contributed by atoms with Gasteiger partial charge in [-0.05, 0) is 61.9 Å². The number of hydrogen-bond donors (Lipinski definition) is 2. The van der Waals surface area contributed by atoms with Crippen LogP contribution in [0.15, 0.2) is 30.5 Å². The Balaban J connectivity index is 1.25. The van der Waals surface area contributed by atoms with E-state index in [1.165, 1.54) is 0 Å². The minimum Gasteiger partial charge on any atom is -0.457 e. The fourth-order valence-electron chi connectivity index (χ4n) is 5.47. The molecule has 7 heteroatoms. The summed E-state index contributed by atoms with van der Waals surface area (Å²) < 4.78 is 5.15. The summed E-state index contributed by atoms with van der Waals surface area (Å²) in [5, 5.41) is 23.5. The molecule has 2 aromatic rings. The molecule has 3 unspecified atom stereocenters. The van der Waals surface area contributed by atoms with Gasteiger partial charge in [0.1, 0.15) is 18.5 Å². The number of benzene rings is 1. The van der Waals surface area contributed by atoms with E-state index in [0.29, 0.717) is 42.4 Å². The second-order valence-corrected chi connectivity index (χ2v) is 8.84. The maximum Gasteiger partial charge on any atom is 0.338 e. The molecule has 2 bridgehead atoms. The zero-order valence-electron chi connectivity index (χ0n) is 17.5. The minimum absolute atomic E-state index is 0.275. The van der Waals surface area contributed by atoms with E-state index in [1.807, 2.05) is 19.1 Å². The summed E-state index contributed by atoms with van der Waals surface area (Å²) in [5.41, 5.74) is 3.94. The lowest BCUT2D eigenvalue weighted by Gasteiger charge is -2.40. The SMILES string of the molecule is Cc1c(C(O)CN2C3CCC2CC(Nc2ccc(C#N)cn2)C3)ccc2c1COC2=O. The maximum absolute atomic E-state index is 11.8. The molecule has 3 aliphatic heterocycles. The number of aliphatic hydroxyl groups excluding tert-OH is 1. The molecule has 2 saturated heterocycles. The fourth-order valence-corrected chi connectivity index (χ4v) is 5.47. The van der Waals surface area contributed by atoms with E-state index in [-0.39, 0.29) is 5.97 Å². The Hall–Kier alpha value is -2.95. The molecule has 0 spiro atoms. The van der Waals surface area contributed by atoms with Crippen molar-refractivity contribution in [3.8, 4) is 6.07 Å². The summed E-state index contributed by atoms with van der Waals surface area (Å²) in [4.78, 5) is 18.6. The molecule has 0 radical (unpaired) electrons. The van der Waals surface area contributed by atoms with Gasteiger partial charge in [0, 0.05) is 36.4 Å². The summed E-state index contributed by atoms with van der Waals surface area (Å²) in [7, 11) is 0. The van der Waals surface area contributed by atoms with E-state index in [2.05, 4.69) is 21.3 Å². The number of aliphatic hydroxyl groups is 1. The number of ether oxygens (including phenoxy) is 1. The summed E-state index contributed by atoms with van der Waals surface area (Å²) in [6.07, 6.45) is 5.31. The average Bonchev–Trinajstić information content (AvgIpc) is 3.25. The number of cyclic esters (lactones) is 1. The Morgan fingerprint density at radius 1 is 1.29 bits per heavy atom. The van der Waals surface area contributed by atoms with E-state index < -0.39 is 6.10 Å². The van der Waals surface area contributed by atoms with Crippen molar-refractivity contribution in [3.05, 3.63) is 58.3 Å². The van der Waals surface area contributed by atoms with Crippen molar-refractivity contribution >= 4 is 11.8 Å². The van der Waals surface area contributed by atoms with Crippen molar-refractivity contribution in [2.24, 2.45) is 0 Å². The second-order valence-electron chi connectivity index (χ2n) is 8.84. The van der Waals surface area contributed by atoms with Crippen molar-refractivity contribution in [2.45, 2.75) is 63.4 Å². The molecule has 160 valence electrons. The third kappa shape index (κ3) is 3.67. The number of esters is 1. The second kappa shape index (κ2) is 7.95. The van der Waals surface area contributed by atoms with Gasteiger partial charge in [-0.1, -0.05) is 6.07 Å². The molecule has 7 nitrogen and oxygen atoms in total. The van der Waals surface area contributed by atoms with Crippen molar-refractivity contribution in [3.63, 3.8) is 0 Å². The predicted molar refractivity (Wildman–Crippen MR) is 114 cm³/mol. The fraction of sp³-hybridized carbons (Fsp3) is 0.458. The van der Waals surface area contributed by atoms with Gasteiger partial charge in [-0.2, -0.15) is 5.26 Å². The van der Waals surface area contributed by atoms with Crippen LogP contribution in [-0.4, -0.2) is 45.6 Å². The van der Waals surface area contributed by atoms with Gasteiger partial charge in [0.2, 0.25) is 0 Å². The van der Waals surface area contributed by atoms with Crippen LogP contribution in [0.3, 0.4) is 0 Å². The molecule has 5 rings (SSSR count). The zero-order valence-corrected chi connectivity index (χ0v) is 17.5. The molecule has 1 aromatic carbocycles. The van der Waals surface area contributed by atoms with Crippen LogP contribution in [0.5, 0.6) is 0 Å². The molecule has 0 aliphatic carbocycles. The number of fused-ring (bicyclic) bond motifs is 3. The molecule has 1 aromatic heterocycles. The van der Waals surface area contributed by atoms with E-state index in [1.54, 1.807) is 18.3 Å². The van der Waals surface area contributed by atoms with Crippen molar-refractivity contribution in [1.29, 1.82) is 5.26 Å². The van der Waals surface area contributed by atoms with Crippen molar-refractivity contribution < 1.29 is 14.6 Å². The number of nitrogens with one attached hydrogen (secondary N) is 1. The van der Waals surface area contributed by atoms with Crippen LogP contribution in [0, 0.1) is 18.3 Å². The average molecular weight is 418 g/mol. The van der Waals surface area contributed by atoms with Crippen LogP contribution >= 0.6 is 0 Å². The Morgan fingerprint density at radius 3 is 2.74 bits per heavy atom. The first-order chi connectivity index (χ1) is 15.0. The number of aromatic nitrogens is 1. The third-order valence-electron chi connectivity index (χ3n) is 7.08. The van der Waals surface area contributed by atoms with Gasteiger partial charge in [0.15, 0.2) is 0 Å². The van der Waals surface area contributed by atoms with Crippen LogP contribution in [0.4, 0.5) is 5.82 Å². The Morgan fingerprint density at radius 2 is 2.06 bits per heavy atom. The molecule has 3 aliphatic rings. The van der Waals surface area contributed by atoms with E-state index >= 15 is 0 Å². The Bertz CT molecular complexity index is 1030. The first-order valence-corrected chi connectivity index (χ1v) is 10.9. The van der Waals surface area contributed by atoms with E-state index in [9.17, 15) is 9.90 Å². The molecule has 31 heavy (non-hydrogen) atoms. The van der Waals surface area contributed by atoms with Crippen LogP contribution in [0.2, 0.25) is 0 Å². The topological polar surface area (TPSA) is 98.5 Å². The van der Waals surface area contributed by atoms with Crippen LogP contribution in [-0.2, 0) is 11.3 Å². The lowest BCUT2D eigenvalue weighted by molar-refractivity contribution is 0.0534. The molecule has 2 N–H and O–H groups in total. The molecule has 2 fully saturated rings. The monoisotopic (exact) mass is 418 g/mol. The number of pyridine rings is 1. The summed E-state index contributed by atoms with van der Waals surface area (Å²) in [6, 6.07) is 10.6. The predicted octanol–water partition coefficient (Wildman–Crippen LogP) is 3.07. The Kier molecular flexibility index (Phi) is 5.12. The largest absolute Gasteiger partial charge is 0.457 e. The number of anilines is 1. The summed E-state index contributed by atoms with van der Waals surface area (Å²) in [5.74, 6) is 0.533. The highest BCUT2D eigenvalue weighted by atomic mass is 16.5. The van der Waals surface area contributed by atoms with E-state index in [4.69, 9.17) is 10.00 Å². The van der Waals surface area contributed by atoms with Gasteiger partial charge >= 0.3 is 5.97 Å². The molecular formula is C24H26N4O3. The first-order valence-electron chi connectivity index (χ1n) is 10.9. The van der Waals surface area contributed by atoms with Crippen molar-refractivity contribution in [1.82, 2.24) is 9.88 Å². The summed E-state index contributed by atoms with van der Waals surface area (Å²) >= 11 is 0. The number of piperidine rings is 1. The van der Waals surface area contributed by atoms with Crippen LogP contribution < -0.4 is 5.32 Å².